The van der Waals surface area contributed by atoms with Gasteiger partial charge in [0, 0.05) is 24.7 Å². The van der Waals surface area contributed by atoms with E-state index >= 15 is 0 Å². The number of hydrogen-bond donors (Lipinski definition) is 1. The number of anilines is 1. The van der Waals surface area contributed by atoms with Crippen LogP contribution < -0.4 is 15.0 Å². The van der Waals surface area contributed by atoms with Crippen molar-refractivity contribution in [2.75, 3.05) is 24.6 Å². The van der Waals surface area contributed by atoms with Crippen LogP contribution in [-0.4, -0.2) is 29.9 Å². The molecular weight excluding hydrogens is 311 g/mol. The van der Waals surface area contributed by atoms with Crippen LogP contribution in [0.1, 0.15) is 43.2 Å². The molecule has 2 aliphatic heterocycles. The van der Waals surface area contributed by atoms with Gasteiger partial charge in [-0.05, 0) is 31.7 Å². The average Bonchev–Trinajstić information content (AvgIpc) is 3.23. The van der Waals surface area contributed by atoms with Crippen molar-refractivity contribution in [1.82, 2.24) is 15.5 Å². The molecule has 3 heterocycles. The molecular formula is C17H21FN4O2. The van der Waals surface area contributed by atoms with Crippen molar-refractivity contribution in [3.63, 3.8) is 0 Å². The quantitative estimate of drug-likeness (QED) is 0.929. The van der Waals surface area contributed by atoms with Crippen molar-refractivity contribution in [3.05, 3.63) is 35.5 Å². The van der Waals surface area contributed by atoms with Gasteiger partial charge in [0.15, 0.2) is 11.6 Å². The van der Waals surface area contributed by atoms with Crippen LogP contribution in [0.25, 0.3) is 0 Å². The molecule has 0 aliphatic carbocycles. The summed E-state index contributed by atoms with van der Waals surface area (Å²) in [5, 5.41) is 11.6. The highest BCUT2D eigenvalue weighted by Crippen LogP contribution is 2.33. The summed E-state index contributed by atoms with van der Waals surface area (Å²) in [6, 6.07) is 5.67. The summed E-state index contributed by atoms with van der Waals surface area (Å²) in [5.41, 5.74) is 0.854. The van der Waals surface area contributed by atoms with E-state index in [0.29, 0.717) is 30.8 Å². The molecule has 1 aromatic heterocycles. The van der Waals surface area contributed by atoms with Gasteiger partial charge in [0.2, 0.25) is 5.89 Å². The van der Waals surface area contributed by atoms with Gasteiger partial charge in [0.1, 0.15) is 0 Å². The first kappa shape index (κ1) is 15.4. The molecule has 128 valence electrons. The Labute approximate surface area is 140 Å². The Morgan fingerprint density at radius 2 is 2.08 bits per heavy atom. The number of para-hydroxylation sites is 1. The lowest BCUT2D eigenvalue weighted by molar-refractivity contribution is 0.300. The highest BCUT2D eigenvalue weighted by Gasteiger charge is 2.23. The molecule has 2 aliphatic rings. The molecule has 1 N–H and O–H groups in total. The van der Waals surface area contributed by atoms with Crippen LogP contribution in [0, 0.1) is 5.82 Å². The summed E-state index contributed by atoms with van der Waals surface area (Å²) in [6.45, 7) is 2.94. The van der Waals surface area contributed by atoms with Crippen LogP contribution in [0.2, 0.25) is 0 Å². The number of nitrogens with zero attached hydrogens (tertiary/aromatic N) is 3. The van der Waals surface area contributed by atoms with E-state index in [2.05, 4.69) is 20.4 Å². The van der Waals surface area contributed by atoms with Crippen LogP contribution in [0.3, 0.4) is 0 Å². The van der Waals surface area contributed by atoms with Gasteiger partial charge >= 0.3 is 6.01 Å². The molecule has 0 spiro atoms. The Balaban J connectivity index is 1.45. The van der Waals surface area contributed by atoms with Crippen molar-refractivity contribution in [3.8, 4) is 5.75 Å². The van der Waals surface area contributed by atoms with Gasteiger partial charge in [-0.3, -0.25) is 0 Å². The highest BCUT2D eigenvalue weighted by molar-refractivity contribution is 5.38. The summed E-state index contributed by atoms with van der Waals surface area (Å²) >= 11 is 0. The Kier molecular flexibility index (Phi) is 4.34. The van der Waals surface area contributed by atoms with Gasteiger partial charge in [0.25, 0.3) is 0 Å². The van der Waals surface area contributed by atoms with Crippen molar-refractivity contribution < 1.29 is 13.5 Å². The molecule has 0 bridgehead atoms. The lowest BCUT2D eigenvalue weighted by Crippen LogP contribution is -2.21. The van der Waals surface area contributed by atoms with Crippen molar-refractivity contribution >= 4 is 6.01 Å². The molecule has 24 heavy (non-hydrogen) atoms. The highest BCUT2D eigenvalue weighted by atomic mass is 19.1. The third-order valence-corrected chi connectivity index (χ3v) is 4.59. The van der Waals surface area contributed by atoms with E-state index in [-0.39, 0.29) is 11.9 Å². The maximum Gasteiger partial charge on any atom is 0.318 e. The van der Waals surface area contributed by atoms with Crippen molar-refractivity contribution in [1.29, 1.82) is 0 Å². The first-order valence-corrected chi connectivity index (χ1v) is 8.53. The number of benzene rings is 1. The van der Waals surface area contributed by atoms with E-state index in [0.717, 1.165) is 31.5 Å². The zero-order valence-electron chi connectivity index (χ0n) is 13.5. The second-order valence-corrected chi connectivity index (χ2v) is 6.25. The fourth-order valence-corrected chi connectivity index (χ4v) is 3.34. The van der Waals surface area contributed by atoms with Gasteiger partial charge in [-0.15, -0.1) is 5.10 Å². The second-order valence-electron chi connectivity index (χ2n) is 6.25. The molecule has 7 heteroatoms. The SMILES string of the molecule is Fc1cccc2c1OCCCC2NCc1nnc(N2CCCC2)o1. The fourth-order valence-electron chi connectivity index (χ4n) is 3.34. The molecule has 1 fully saturated rings. The van der Waals surface area contributed by atoms with Crippen LogP contribution >= 0.6 is 0 Å². The number of rotatable bonds is 4. The topological polar surface area (TPSA) is 63.4 Å². The molecule has 1 saturated heterocycles. The summed E-state index contributed by atoms with van der Waals surface area (Å²) in [7, 11) is 0. The number of nitrogens with one attached hydrogen (secondary N) is 1. The summed E-state index contributed by atoms with van der Waals surface area (Å²) in [4.78, 5) is 2.11. The first-order valence-electron chi connectivity index (χ1n) is 8.53. The third kappa shape index (κ3) is 3.08. The summed E-state index contributed by atoms with van der Waals surface area (Å²) in [5.74, 6) is 0.603. The third-order valence-electron chi connectivity index (χ3n) is 4.59. The zero-order chi connectivity index (χ0) is 16.4. The molecule has 4 rings (SSSR count). The van der Waals surface area contributed by atoms with Crippen LogP contribution in [0.5, 0.6) is 5.75 Å². The number of aromatic nitrogens is 2. The predicted octanol–water partition coefficient (Wildman–Crippen LogP) is 2.81. The minimum atomic E-state index is -0.310. The minimum Gasteiger partial charge on any atom is -0.490 e. The largest absolute Gasteiger partial charge is 0.490 e. The Morgan fingerprint density at radius 1 is 1.21 bits per heavy atom. The molecule has 0 radical (unpaired) electrons. The molecule has 6 nitrogen and oxygen atoms in total. The fraction of sp³-hybridized carbons (Fsp3) is 0.529. The molecule has 0 amide bonds. The Hall–Kier alpha value is -2.15. The Bertz CT molecular complexity index is 700. The molecule has 1 aromatic carbocycles. The number of ether oxygens (including phenoxy) is 1. The molecule has 0 saturated carbocycles. The second kappa shape index (κ2) is 6.76. The monoisotopic (exact) mass is 332 g/mol. The smallest absolute Gasteiger partial charge is 0.318 e. The molecule has 2 aromatic rings. The van der Waals surface area contributed by atoms with E-state index in [1.807, 2.05) is 6.07 Å². The van der Waals surface area contributed by atoms with E-state index in [1.165, 1.54) is 18.9 Å². The molecule has 1 unspecified atom stereocenters. The van der Waals surface area contributed by atoms with E-state index in [4.69, 9.17) is 9.15 Å². The lowest BCUT2D eigenvalue weighted by atomic mass is 10.0. The standard InChI is InChI=1S/C17H21FN4O2/c18-13-6-3-5-12-14(7-4-10-23-16(12)13)19-11-15-20-21-17(24-15)22-8-1-2-9-22/h3,5-6,14,19H,1-2,4,7-11H2. The number of hydrogen-bond acceptors (Lipinski definition) is 6. The van der Waals surface area contributed by atoms with Crippen LogP contribution in [0.15, 0.2) is 22.6 Å². The van der Waals surface area contributed by atoms with Gasteiger partial charge in [0.05, 0.1) is 13.2 Å². The zero-order valence-corrected chi connectivity index (χ0v) is 13.5. The summed E-state index contributed by atoms with van der Waals surface area (Å²) in [6.07, 6.45) is 4.08. The number of fused-ring (bicyclic) bond motifs is 1. The maximum atomic E-state index is 14.0. The van der Waals surface area contributed by atoms with Crippen molar-refractivity contribution in [2.24, 2.45) is 0 Å². The number of halogens is 1. The molecule has 1 atom stereocenters. The lowest BCUT2D eigenvalue weighted by Gasteiger charge is -2.17. The normalized spacial score (nSPS) is 20.5. The Morgan fingerprint density at radius 3 is 2.96 bits per heavy atom. The van der Waals surface area contributed by atoms with Crippen LogP contribution in [-0.2, 0) is 6.54 Å². The average molecular weight is 332 g/mol. The van der Waals surface area contributed by atoms with Gasteiger partial charge in [-0.2, -0.15) is 0 Å². The summed E-state index contributed by atoms with van der Waals surface area (Å²) < 4.78 is 25.3. The van der Waals surface area contributed by atoms with Crippen molar-refractivity contribution in [2.45, 2.75) is 38.3 Å². The van der Waals surface area contributed by atoms with E-state index < -0.39 is 0 Å². The van der Waals surface area contributed by atoms with E-state index in [1.54, 1.807) is 6.07 Å². The van der Waals surface area contributed by atoms with E-state index in [9.17, 15) is 4.39 Å². The van der Waals surface area contributed by atoms with Gasteiger partial charge in [-0.1, -0.05) is 17.2 Å². The first-order chi connectivity index (χ1) is 11.8. The van der Waals surface area contributed by atoms with Crippen LogP contribution in [0.4, 0.5) is 10.4 Å². The maximum absolute atomic E-state index is 14.0. The predicted molar refractivity (Wildman–Crippen MR) is 86.5 cm³/mol. The van der Waals surface area contributed by atoms with Gasteiger partial charge < -0.3 is 19.4 Å². The minimum absolute atomic E-state index is 0.0142. The van der Waals surface area contributed by atoms with Gasteiger partial charge in [-0.25, -0.2) is 4.39 Å².